The minimum absolute atomic E-state index is 0.190. The van der Waals surface area contributed by atoms with E-state index in [0.29, 0.717) is 41.0 Å². The van der Waals surface area contributed by atoms with Crippen molar-refractivity contribution in [3.05, 3.63) is 94.5 Å². The van der Waals surface area contributed by atoms with Gasteiger partial charge in [0, 0.05) is 0 Å². The average molecular weight is 491 g/mol. The zero-order valence-corrected chi connectivity index (χ0v) is 19.7. The van der Waals surface area contributed by atoms with Crippen LogP contribution in [-0.4, -0.2) is 24.5 Å². The number of benzene rings is 3. The molecule has 1 fully saturated rings. The number of ether oxygens (including phenoxy) is 2. The molecule has 0 atom stereocenters. The molecule has 0 saturated carbocycles. The highest BCUT2D eigenvalue weighted by molar-refractivity contribution is 6.39. The summed E-state index contributed by atoms with van der Waals surface area (Å²) in [5.41, 5.74) is 1.63. The molecule has 3 aromatic carbocycles. The fraction of sp³-hybridized carbons (Fsp3) is 0.148. The summed E-state index contributed by atoms with van der Waals surface area (Å²) in [6, 6.07) is 20.3. The molecule has 0 bridgehead atoms. The normalized spacial score (nSPS) is 14.7. The summed E-state index contributed by atoms with van der Waals surface area (Å²) in [7, 11) is 0. The van der Waals surface area contributed by atoms with Crippen molar-refractivity contribution in [1.82, 2.24) is 5.32 Å². The number of hydrogen-bond donors (Lipinski definition) is 1. The number of halogens is 1. The molecule has 1 N–H and O–H groups in total. The van der Waals surface area contributed by atoms with Crippen LogP contribution in [0.4, 0.5) is 10.5 Å². The average Bonchev–Trinajstić information content (AvgIpc) is 2.86. The molecule has 7 nitrogen and oxygen atoms in total. The van der Waals surface area contributed by atoms with E-state index in [2.05, 4.69) is 5.32 Å². The van der Waals surface area contributed by atoms with Gasteiger partial charge in [-0.1, -0.05) is 54.9 Å². The van der Waals surface area contributed by atoms with Crippen molar-refractivity contribution >= 4 is 41.2 Å². The number of urea groups is 1. The van der Waals surface area contributed by atoms with Gasteiger partial charge in [-0.3, -0.25) is 14.9 Å². The zero-order valence-electron chi connectivity index (χ0n) is 19.0. The third kappa shape index (κ3) is 5.70. The Labute approximate surface area is 207 Å². The molecular weight excluding hydrogens is 468 g/mol. The molecule has 0 unspecified atom stereocenters. The molecule has 1 heterocycles. The largest absolute Gasteiger partial charge is 0.494 e. The van der Waals surface area contributed by atoms with Crippen molar-refractivity contribution in [2.24, 2.45) is 0 Å². The zero-order chi connectivity index (χ0) is 24.8. The smallest absolute Gasteiger partial charge is 0.335 e. The van der Waals surface area contributed by atoms with Gasteiger partial charge in [0.1, 0.15) is 23.7 Å². The Hall–Kier alpha value is -4.10. The van der Waals surface area contributed by atoms with Gasteiger partial charge in [-0.2, -0.15) is 0 Å². The van der Waals surface area contributed by atoms with Gasteiger partial charge in [-0.25, -0.2) is 9.69 Å². The number of hydrogen-bond acceptors (Lipinski definition) is 5. The number of amides is 4. The molecule has 1 saturated heterocycles. The monoisotopic (exact) mass is 490 g/mol. The van der Waals surface area contributed by atoms with Gasteiger partial charge in [0.15, 0.2) is 0 Å². The van der Waals surface area contributed by atoms with Crippen LogP contribution in [0, 0.1) is 0 Å². The van der Waals surface area contributed by atoms with E-state index in [-0.39, 0.29) is 5.57 Å². The molecule has 1 aliphatic rings. The molecule has 0 aromatic heterocycles. The summed E-state index contributed by atoms with van der Waals surface area (Å²) < 4.78 is 11.3. The van der Waals surface area contributed by atoms with E-state index in [1.165, 1.54) is 6.08 Å². The summed E-state index contributed by atoms with van der Waals surface area (Å²) in [6.45, 7) is 2.90. The van der Waals surface area contributed by atoms with Crippen molar-refractivity contribution in [2.75, 3.05) is 11.5 Å². The molecule has 0 spiro atoms. The van der Waals surface area contributed by atoms with E-state index in [1.807, 2.05) is 37.3 Å². The summed E-state index contributed by atoms with van der Waals surface area (Å²) >= 11 is 6.37. The number of imide groups is 2. The van der Waals surface area contributed by atoms with Gasteiger partial charge in [-0.15, -0.1) is 0 Å². The Bertz CT molecular complexity index is 1270. The number of carbonyl (C=O) groups excluding carboxylic acids is 3. The highest BCUT2D eigenvalue weighted by atomic mass is 35.5. The van der Waals surface area contributed by atoms with Crippen LogP contribution >= 0.6 is 11.6 Å². The second-order valence-corrected chi connectivity index (χ2v) is 8.17. The van der Waals surface area contributed by atoms with Crippen LogP contribution in [0.3, 0.4) is 0 Å². The standard InChI is InChI=1S/C27H23ClN2O5/c1-2-14-34-21-11-9-20(10-12-21)30-26(32)22(25(31)29-27(30)33)15-19-8-13-24(23(28)16-19)35-17-18-6-4-3-5-7-18/h3-13,15-16H,2,14,17H2,1H3,(H,29,31,33)/b22-15-. The van der Waals surface area contributed by atoms with E-state index in [0.717, 1.165) is 16.9 Å². The first-order valence-electron chi connectivity index (χ1n) is 11.1. The number of nitrogens with one attached hydrogen (secondary N) is 1. The van der Waals surface area contributed by atoms with E-state index < -0.39 is 17.8 Å². The molecule has 0 aliphatic carbocycles. The van der Waals surface area contributed by atoms with Crippen LogP contribution in [0.15, 0.2) is 78.4 Å². The number of rotatable bonds is 8. The van der Waals surface area contributed by atoms with Crippen LogP contribution in [0.1, 0.15) is 24.5 Å². The fourth-order valence-corrected chi connectivity index (χ4v) is 3.67. The third-order valence-corrected chi connectivity index (χ3v) is 5.47. The molecule has 4 rings (SSSR count). The third-order valence-electron chi connectivity index (χ3n) is 5.17. The summed E-state index contributed by atoms with van der Waals surface area (Å²) in [5, 5.41) is 2.54. The molecule has 35 heavy (non-hydrogen) atoms. The van der Waals surface area contributed by atoms with Crippen molar-refractivity contribution in [3.8, 4) is 11.5 Å². The van der Waals surface area contributed by atoms with Crippen molar-refractivity contribution < 1.29 is 23.9 Å². The van der Waals surface area contributed by atoms with Crippen LogP contribution in [-0.2, 0) is 16.2 Å². The number of barbiturate groups is 1. The minimum Gasteiger partial charge on any atom is -0.494 e. The highest BCUT2D eigenvalue weighted by Gasteiger charge is 2.36. The van der Waals surface area contributed by atoms with E-state index in [4.69, 9.17) is 21.1 Å². The molecule has 0 radical (unpaired) electrons. The summed E-state index contributed by atoms with van der Waals surface area (Å²) in [4.78, 5) is 38.9. The quantitative estimate of drug-likeness (QED) is 0.339. The lowest BCUT2D eigenvalue weighted by atomic mass is 10.1. The number of nitrogens with zero attached hydrogens (tertiary/aromatic N) is 1. The van der Waals surface area contributed by atoms with Crippen LogP contribution in [0.25, 0.3) is 6.08 Å². The lowest BCUT2D eigenvalue weighted by Gasteiger charge is -2.26. The van der Waals surface area contributed by atoms with Crippen molar-refractivity contribution in [2.45, 2.75) is 20.0 Å². The topological polar surface area (TPSA) is 84.9 Å². The van der Waals surface area contributed by atoms with E-state index >= 15 is 0 Å². The second-order valence-electron chi connectivity index (χ2n) is 7.76. The van der Waals surface area contributed by atoms with Gasteiger partial charge < -0.3 is 9.47 Å². The SMILES string of the molecule is CCCOc1ccc(N2C(=O)NC(=O)/C(=C/c3ccc(OCc4ccccc4)c(Cl)c3)C2=O)cc1. The first-order valence-corrected chi connectivity index (χ1v) is 11.4. The highest BCUT2D eigenvalue weighted by Crippen LogP contribution is 2.29. The molecule has 1 aliphatic heterocycles. The molecule has 3 aromatic rings. The first-order chi connectivity index (χ1) is 17.0. The van der Waals surface area contributed by atoms with Gasteiger partial charge in [0.2, 0.25) is 0 Å². The Morgan fingerprint density at radius 1 is 0.943 bits per heavy atom. The summed E-state index contributed by atoms with van der Waals surface area (Å²) in [6.07, 6.45) is 2.25. The van der Waals surface area contributed by atoms with Crippen LogP contribution in [0.2, 0.25) is 5.02 Å². The molecular formula is C27H23ClN2O5. The van der Waals surface area contributed by atoms with E-state index in [9.17, 15) is 14.4 Å². The van der Waals surface area contributed by atoms with Crippen LogP contribution < -0.4 is 19.7 Å². The Morgan fingerprint density at radius 3 is 2.37 bits per heavy atom. The number of anilines is 1. The van der Waals surface area contributed by atoms with Gasteiger partial charge in [-0.05, 0) is 60.0 Å². The minimum atomic E-state index is -0.818. The summed E-state index contributed by atoms with van der Waals surface area (Å²) in [5.74, 6) is -0.419. The van der Waals surface area contributed by atoms with Crippen molar-refractivity contribution in [1.29, 1.82) is 0 Å². The maximum Gasteiger partial charge on any atom is 0.335 e. The van der Waals surface area contributed by atoms with Gasteiger partial charge >= 0.3 is 6.03 Å². The Balaban J connectivity index is 1.53. The lowest BCUT2D eigenvalue weighted by Crippen LogP contribution is -2.54. The maximum atomic E-state index is 13.1. The van der Waals surface area contributed by atoms with Gasteiger partial charge in [0.25, 0.3) is 11.8 Å². The Kier molecular flexibility index (Phi) is 7.48. The number of carbonyl (C=O) groups is 3. The second kappa shape index (κ2) is 10.9. The molecule has 178 valence electrons. The van der Waals surface area contributed by atoms with Crippen LogP contribution in [0.5, 0.6) is 11.5 Å². The maximum absolute atomic E-state index is 13.1. The Morgan fingerprint density at radius 2 is 1.69 bits per heavy atom. The van der Waals surface area contributed by atoms with Crippen molar-refractivity contribution in [3.63, 3.8) is 0 Å². The predicted octanol–water partition coefficient (Wildman–Crippen LogP) is 5.37. The fourth-order valence-electron chi connectivity index (χ4n) is 3.43. The first kappa shape index (κ1) is 24.0. The van der Waals surface area contributed by atoms with Gasteiger partial charge in [0.05, 0.1) is 17.3 Å². The molecule has 8 heteroatoms. The molecule has 4 amide bonds. The van der Waals surface area contributed by atoms with E-state index in [1.54, 1.807) is 42.5 Å². The lowest BCUT2D eigenvalue weighted by molar-refractivity contribution is -0.122. The predicted molar refractivity (Wildman–Crippen MR) is 133 cm³/mol.